The van der Waals surface area contributed by atoms with Crippen molar-refractivity contribution < 1.29 is 28.6 Å². The van der Waals surface area contributed by atoms with Gasteiger partial charge in [0.25, 0.3) is 0 Å². The molecule has 0 radical (unpaired) electrons. The predicted octanol–water partition coefficient (Wildman–Crippen LogP) is 21.0. The second kappa shape index (κ2) is 59.9. The summed E-state index contributed by atoms with van der Waals surface area (Å²) in [5, 5.41) is 0. The van der Waals surface area contributed by atoms with Crippen molar-refractivity contribution in [3.8, 4) is 0 Å². The lowest BCUT2D eigenvalue weighted by atomic mass is 10.0. The molecule has 0 unspecified atom stereocenters. The molecule has 71 heavy (non-hydrogen) atoms. The van der Waals surface area contributed by atoms with Crippen molar-refractivity contribution in [1.82, 2.24) is 0 Å². The van der Waals surface area contributed by atoms with Gasteiger partial charge in [0.2, 0.25) is 0 Å². The van der Waals surface area contributed by atoms with Crippen LogP contribution in [0.2, 0.25) is 0 Å². The summed E-state index contributed by atoms with van der Waals surface area (Å²) in [6.07, 6.45) is 73.9. The highest BCUT2D eigenvalue weighted by molar-refractivity contribution is 5.71. The first-order chi connectivity index (χ1) is 35.0. The largest absolute Gasteiger partial charge is 0.462 e. The first kappa shape index (κ1) is 68.4. The van der Waals surface area contributed by atoms with Crippen molar-refractivity contribution >= 4 is 17.9 Å². The number of hydrogen-bond donors (Lipinski definition) is 0. The van der Waals surface area contributed by atoms with Crippen LogP contribution >= 0.6 is 0 Å². The third-order valence-electron chi connectivity index (χ3n) is 13.8. The molecule has 0 aliphatic heterocycles. The smallest absolute Gasteiger partial charge is 0.306 e. The van der Waals surface area contributed by atoms with Gasteiger partial charge in [-0.15, -0.1) is 0 Å². The normalized spacial score (nSPS) is 12.3. The SMILES string of the molecule is CCCCC/C=C/C/C=C/CCCCCCCCCCCC(=O)OC[C@@H](COC(=O)CCCCCCC/C=C/C/C=C/CCCCC)OC(=O)CCCCCCCCCCCCCCCCCCCCC. The van der Waals surface area contributed by atoms with Gasteiger partial charge in [0, 0.05) is 19.3 Å². The molecule has 0 aliphatic rings. The Labute approximate surface area is 441 Å². The Hall–Kier alpha value is -2.63. The van der Waals surface area contributed by atoms with Gasteiger partial charge in [-0.1, -0.05) is 275 Å². The van der Waals surface area contributed by atoms with E-state index < -0.39 is 6.10 Å². The highest BCUT2D eigenvalue weighted by Gasteiger charge is 2.19. The number of allylic oxidation sites excluding steroid dienone is 8. The van der Waals surface area contributed by atoms with Crippen LogP contribution in [0, 0.1) is 0 Å². The Morgan fingerprint density at radius 3 is 0.803 bits per heavy atom. The predicted molar refractivity (Wildman–Crippen MR) is 307 cm³/mol. The van der Waals surface area contributed by atoms with Gasteiger partial charge in [-0.25, -0.2) is 0 Å². The maximum Gasteiger partial charge on any atom is 0.306 e. The number of carbonyl (C=O) groups is 3. The summed E-state index contributed by atoms with van der Waals surface area (Å²) < 4.78 is 16.9. The van der Waals surface area contributed by atoms with E-state index >= 15 is 0 Å². The lowest BCUT2D eigenvalue weighted by Crippen LogP contribution is -2.30. The summed E-state index contributed by atoms with van der Waals surface area (Å²) in [4.78, 5) is 38.3. The Morgan fingerprint density at radius 1 is 0.282 bits per heavy atom. The van der Waals surface area contributed by atoms with Crippen LogP contribution in [0.25, 0.3) is 0 Å². The van der Waals surface area contributed by atoms with Gasteiger partial charge in [-0.05, 0) is 83.5 Å². The van der Waals surface area contributed by atoms with E-state index in [1.54, 1.807) is 0 Å². The minimum Gasteiger partial charge on any atom is -0.462 e. The Bertz CT molecular complexity index is 1230. The van der Waals surface area contributed by atoms with E-state index in [0.29, 0.717) is 19.3 Å². The van der Waals surface area contributed by atoms with E-state index in [-0.39, 0.29) is 31.1 Å². The number of esters is 3. The van der Waals surface area contributed by atoms with Crippen LogP contribution in [0.5, 0.6) is 0 Å². The lowest BCUT2D eigenvalue weighted by Gasteiger charge is -2.18. The van der Waals surface area contributed by atoms with Crippen LogP contribution in [0.1, 0.15) is 329 Å². The lowest BCUT2D eigenvalue weighted by molar-refractivity contribution is -0.167. The molecule has 0 heterocycles. The van der Waals surface area contributed by atoms with Gasteiger partial charge in [-0.3, -0.25) is 14.4 Å². The first-order valence-corrected chi connectivity index (χ1v) is 31.1. The average Bonchev–Trinajstić information content (AvgIpc) is 3.37. The van der Waals surface area contributed by atoms with Gasteiger partial charge in [-0.2, -0.15) is 0 Å². The summed E-state index contributed by atoms with van der Waals surface area (Å²) in [5.74, 6) is -0.875. The number of hydrogen-bond acceptors (Lipinski definition) is 6. The molecule has 0 aliphatic carbocycles. The fourth-order valence-electron chi connectivity index (χ4n) is 9.09. The Morgan fingerprint density at radius 2 is 0.507 bits per heavy atom. The molecule has 0 aromatic rings. The molecule has 0 aromatic heterocycles. The van der Waals surface area contributed by atoms with Crippen LogP contribution in [0.4, 0.5) is 0 Å². The standard InChI is InChI=1S/C65H118O6/c1-4-7-10-13-16-19-22-25-28-30-32-34-37-40-43-46-49-52-55-58-64(67)70-61-62(60-69-63(66)57-54-51-48-45-42-39-36-27-24-21-18-15-12-9-6-3)71-65(68)59-56-53-50-47-44-41-38-35-33-31-29-26-23-20-17-14-11-8-5-2/h16,18-19,21,25,27-28,36,62H,4-15,17,20,22-24,26,29-35,37-61H2,1-3H3/b19-16+,21-18+,28-25+,36-27+/t62-/m1/s1. The summed E-state index contributed by atoms with van der Waals surface area (Å²) in [5.41, 5.74) is 0. The van der Waals surface area contributed by atoms with Crippen molar-refractivity contribution in [2.24, 2.45) is 0 Å². The zero-order valence-electron chi connectivity index (χ0n) is 47.5. The van der Waals surface area contributed by atoms with Crippen molar-refractivity contribution in [2.45, 2.75) is 335 Å². The quantitative estimate of drug-likeness (QED) is 0.0261. The molecule has 414 valence electrons. The monoisotopic (exact) mass is 995 g/mol. The zero-order valence-corrected chi connectivity index (χ0v) is 47.5. The van der Waals surface area contributed by atoms with E-state index in [0.717, 1.165) is 83.5 Å². The fraction of sp³-hybridized carbons (Fsp3) is 0.831. The molecule has 6 heteroatoms. The second-order valence-corrected chi connectivity index (χ2v) is 21.0. The summed E-state index contributed by atoms with van der Waals surface area (Å²) in [7, 11) is 0. The molecule has 0 rings (SSSR count). The van der Waals surface area contributed by atoms with Gasteiger partial charge >= 0.3 is 17.9 Å². The highest BCUT2D eigenvalue weighted by Crippen LogP contribution is 2.17. The summed E-state index contributed by atoms with van der Waals surface area (Å²) in [6.45, 7) is 6.62. The van der Waals surface area contributed by atoms with E-state index in [2.05, 4.69) is 69.4 Å². The van der Waals surface area contributed by atoms with Gasteiger partial charge < -0.3 is 14.2 Å². The van der Waals surface area contributed by atoms with Crippen LogP contribution in [0.15, 0.2) is 48.6 Å². The average molecular weight is 996 g/mol. The zero-order chi connectivity index (χ0) is 51.4. The topological polar surface area (TPSA) is 78.9 Å². The molecule has 0 bridgehead atoms. The molecule has 0 fully saturated rings. The van der Waals surface area contributed by atoms with Crippen LogP contribution in [-0.4, -0.2) is 37.2 Å². The number of unbranched alkanes of at least 4 members (excludes halogenated alkanes) is 38. The van der Waals surface area contributed by atoms with E-state index in [1.807, 2.05) is 0 Å². The van der Waals surface area contributed by atoms with Gasteiger partial charge in [0.1, 0.15) is 13.2 Å². The van der Waals surface area contributed by atoms with Gasteiger partial charge in [0.15, 0.2) is 6.10 Å². The van der Waals surface area contributed by atoms with Crippen molar-refractivity contribution in [2.75, 3.05) is 13.2 Å². The Balaban J connectivity index is 4.35. The van der Waals surface area contributed by atoms with Crippen molar-refractivity contribution in [3.05, 3.63) is 48.6 Å². The number of ether oxygens (including phenoxy) is 3. The molecule has 0 spiro atoms. The molecule has 0 saturated heterocycles. The fourth-order valence-corrected chi connectivity index (χ4v) is 9.09. The molecule has 0 aromatic carbocycles. The van der Waals surface area contributed by atoms with Crippen molar-refractivity contribution in [3.63, 3.8) is 0 Å². The minimum atomic E-state index is -0.779. The van der Waals surface area contributed by atoms with E-state index in [1.165, 1.54) is 205 Å². The van der Waals surface area contributed by atoms with Crippen LogP contribution < -0.4 is 0 Å². The molecular weight excluding hydrogens is 877 g/mol. The third kappa shape index (κ3) is 58.1. The first-order valence-electron chi connectivity index (χ1n) is 31.1. The maximum atomic E-state index is 12.9. The highest BCUT2D eigenvalue weighted by atomic mass is 16.6. The summed E-state index contributed by atoms with van der Waals surface area (Å²) >= 11 is 0. The second-order valence-electron chi connectivity index (χ2n) is 21.0. The molecule has 1 atom stereocenters. The summed E-state index contributed by atoms with van der Waals surface area (Å²) in [6, 6.07) is 0. The maximum absolute atomic E-state index is 12.9. The van der Waals surface area contributed by atoms with E-state index in [9.17, 15) is 14.4 Å². The number of carbonyl (C=O) groups excluding carboxylic acids is 3. The molecule has 0 N–H and O–H groups in total. The molecule has 0 saturated carbocycles. The van der Waals surface area contributed by atoms with E-state index in [4.69, 9.17) is 14.2 Å². The molecule has 6 nitrogen and oxygen atoms in total. The van der Waals surface area contributed by atoms with Gasteiger partial charge in [0.05, 0.1) is 0 Å². The van der Waals surface area contributed by atoms with Crippen LogP contribution in [-0.2, 0) is 28.6 Å². The van der Waals surface area contributed by atoms with Crippen molar-refractivity contribution in [1.29, 1.82) is 0 Å². The van der Waals surface area contributed by atoms with Crippen LogP contribution in [0.3, 0.4) is 0 Å². The number of rotatable bonds is 57. The molecule has 0 amide bonds. The molecular formula is C65H118O6. The minimum absolute atomic E-state index is 0.0767. The Kier molecular flexibility index (Phi) is 57.7. The third-order valence-corrected chi connectivity index (χ3v) is 13.8.